The van der Waals surface area contributed by atoms with Crippen LogP contribution in [-0.4, -0.2) is 64.2 Å². The molecule has 0 bridgehead atoms. The van der Waals surface area contributed by atoms with E-state index in [1.165, 1.54) is 0 Å². The molecule has 116 valence electrons. The van der Waals surface area contributed by atoms with Gasteiger partial charge in [-0.1, -0.05) is 11.8 Å². The van der Waals surface area contributed by atoms with Crippen LogP contribution in [0.5, 0.6) is 0 Å². The van der Waals surface area contributed by atoms with E-state index in [2.05, 4.69) is 5.32 Å². The monoisotopic (exact) mass is 313 g/mol. The highest BCUT2D eigenvalue weighted by atomic mass is 32.2. The van der Waals surface area contributed by atoms with Crippen molar-refractivity contribution in [2.45, 2.75) is 26.3 Å². The summed E-state index contributed by atoms with van der Waals surface area (Å²) >= 11 is 0.975. The van der Waals surface area contributed by atoms with Gasteiger partial charge in [-0.2, -0.15) is 0 Å². The van der Waals surface area contributed by atoms with Gasteiger partial charge in [0, 0.05) is 32.1 Å². The molecular weight excluding hydrogens is 294 g/mol. The van der Waals surface area contributed by atoms with Gasteiger partial charge in [-0.3, -0.25) is 24.1 Å². The second-order valence-electron chi connectivity index (χ2n) is 5.43. The lowest BCUT2D eigenvalue weighted by atomic mass is 10.1. The second-order valence-corrected chi connectivity index (χ2v) is 6.36. The fourth-order valence-electron chi connectivity index (χ4n) is 2.44. The molecule has 0 radical (unpaired) electrons. The minimum Gasteiger partial charge on any atom is -0.354 e. The average molecular weight is 313 g/mol. The number of imide groups is 1. The van der Waals surface area contributed by atoms with Gasteiger partial charge in [-0.15, -0.1) is 0 Å². The fourth-order valence-corrected chi connectivity index (χ4v) is 3.19. The molecule has 2 saturated heterocycles. The molecule has 8 heteroatoms. The Morgan fingerprint density at radius 1 is 1.33 bits per heavy atom. The highest BCUT2D eigenvalue weighted by Gasteiger charge is 2.35. The van der Waals surface area contributed by atoms with Gasteiger partial charge in [0.15, 0.2) is 0 Å². The van der Waals surface area contributed by atoms with E-state index in [0.29, 0.717) is 6.54 Å². The van der Waals surface area contributed by atoms with Crippen molar-refractivity contribution in [2.75, 3.05) is 25.4 Å². The largest absolute Gasteiger partial charge is 0.354 e. The van der Waals surface area contributed by atoms with Crippen molar-refractivity contribution < 1.29 is 19.2 Å². The summed E-state index contributed by atoms with van der Waals surface area (Å²) in [6.07, 6.45) is 0.224. The maximum Gasteiger partial charge on any atom is 0.288 e. The maximum absolute atomic E-state index is 12.0. The van der Waals surface area contributed by atoms with Crippen LogP contribution in [0.2, 0.25) is 0 Å². The van der Waals surface area contributed by atoms with Crippen LogP contribution in [-0.2, 0) is 14.4 Å². The number of hydrogen-bond acceptors (Lipinski definition) is 5. The van der Waals surface area contributed by atoms with Crippen molar-refractivity contribution in [3.8, 4) is 0 Å². The maximum atomic E-state index is 12.0. The van der Waals surface area contributed by atoms with Gasteiger partial charge in [0.25, 0.3) is 5.24 Å². The number of amides is 4. The van der Waals surface area contributed by atoms with Crippen LogP contribution in [0.3, 0.4) is 0 Å². The number of nitrogens with zero attached hydrogens (tertiary/aromatic N) is 2. The van der Waals surface area contributed by atoms with Crippen molar-refractivity contribution in [3.05, 3.63) is 0 Å². The minimum atomic E-state index is -0.348. The first-order valence-corrected chi connectivity index (χ1v) is 7.93. The molecule has 7 nitrogen and oxygen atoms in total. The number of hydrogen-bond donors (Lipinski definition) is 1. The Balaban J connectivity index is 1.77. The van der Waals surface area contributed by atoms with Crippen molar-refractivity contribution in [3.63, 3.8) is 0 Å². The quantitative estimate of drug-likeness (QED) is 0.775. The van der Waals surface area contributed by atoms with Crippen LogP contribution >= 0.6 is 11.8 Å². The summed E-state index contributed by atoms with van der Waals surface area (Å²) in [6, 6.07) is 0.0900. The molecule has 0 unspecified atom stereocenters. The van der Waals surface area contributed by atoms with Gasteiger partial charge in [0.05, 0.1) is 11.7 Å². The zero-order chi connectivity index (χ0) is 15.6. The molecule has 2 rings (SSSR count). The number of nitrogens with one attached hydrogen (secondary N) is 1. The molecule has 0 aliphatic carbocycles. The lowest BCUT2D eigenvalue weighted by molar-refractivity contribution is -0.129. The Morgan fingerprint density at radius 3 is 2.57 bits per heavy atom. The standard InChI is InChI=1S/C13H19N3O4S/c1-8(2)16-6-9(5-10(16)17)12(19)14-3-4-15-11(18)7-21-13(15)20/h8-9H,3-7H2,1-2H3,(H,14,19)/t9-/m0/s1. The summed E-state index contributed by atoms with van der Waals surface area (Å²) in [4.78, 5) is 49.4. The predicted molar refractivity (Wildman–Crippen MR) is 77.5 cm³/mol. The van der Waals surface area contributed by atoms with Crippen molar-refractivity contribution >= 4 is 34.7 Å². The average Bonchev–Trinajstić information content (AvgIpc) is 2.95. The third kappa shape index (κ3) is 3.55. The van der Waals surface area contributed by atoms with E-state index in [9.17, 15) is 19.2 Å². The molecule has 0 aromatic rings. The van der Waals surface area contributed by atoms with Gasteiger partial charge >= 0.3 is 0 Å². The first-order chi connectivity index (χ1) is 9.90. The molecule has 0 saturated carbocycles. The van der Waals surface area contributed by atoms with Crippen LogP contribution in [0.15, 0.2) is 0 Å². The Morgan fingerprint density at radius 2 is 2.05 bits per heavy atom. The first-order valence-electron chi connectivity index (χ1n) is 6.94. The van der Waals surface area contributed by atoms with Crippen LogP contribution in [0.25, 0.3) is 0 Å². The highest BCUT2D eigenvalue weighted by Crippen LogP contribution is 2.20. The van der Waals surface area contributed by atoms with E-state index in [0.717, 1.165) is 16.7 Å². The SMILES string of the molecule is CC(C)N1C[C@@H](C(=O)NCCN2C(=O)CSC2=O)CC1=O. The molecule has 0 aromatic heterocycles. The second kappa shape index (κ2) is 6.46. The van der Waals surface area contributed by atoms with E-state index in [1.54, 1.807) is 4.90 Å². The Labute approximate surface area is 127 Å². The summed E-state index contributed by atoms with van der Waals surface area (Å²) in [5.41, 5.74) is 0. The van der Waals surface area contributed by atoms with E-state index >= 15 is 0 Å². The fraction of sp³-hybridized carbons (Fsp3) is 0.692. The van der Waals surface area contributed by atoms with Crippen LogP contribution < -0.4 is 5.32 Å². The number of carbonyl (C=O) groups is 4. The Hall–Kier alpha value is -1.57. The lowest BCUT2D eigenvalue weighted by Crippen LogP contribution is -2.40. The molecule has 2 heterocycles. The lowest BCUT2D eigenvalue weighted by Gasteiger charge is -2.20. The summed E-state index contributed by atoms with van der Waals surface area (Å²) in [6.45, 7) is 4.68. The molecule has 2 aliphatic heterocycles. The Bertz CT molecular complexity index is 464. The Kier molecular flexibility index (Phi) is 4.87. The molecule has 2 aliphatic rings. The molecule has 1 N–H and O–H groups in total. The number of carbonyl (C=O) groups excluding carboxylic acids is 4. The number of likely N-dealkylation sites (tertiary alicyclic amines) is 1. The zero-order valence-corrected chi connectivity index (χ0v) is 12.9. The topological polar surface area (TPSA) is 86.8 Å². The van der Waals surface area contributed by atoms with E-state index in [4.69, 9.17) is 0 Å². The summed E-state index contributed by atoms with van der Waals surface area (Å²) in [5, 5.41) is 2.43. The van der Waals surface area contributed by atoms with Gasteiger partial charge in [0.2, 0.25) is 17.7 Å². The molecule has 1 atom stereocenters. The number of rotatable bonds is 5. The molecule has 4 amide bonds. The molecule has 0 aromatic carbocycles. The van der Waals surface area contributed by atoms with Gasteiger partial charge in [0.1, 0.15) is 0 Å². The molecular formula is C13H19N3O4S. The third-order valence-corrected chi connectivity index (χ3v) is 4.49. The van der Waals surface area contributed by atoms with Gasteiger partial charge < -0.3 is 10.2 Å². The summed E-state index contributed by atoms with van der Waals surface area (Å²) in [7, 11) is 0. The smallest absolute Gasteiger partial charge is 0.288 e. The van der Waals surface area contributed by atoms with E-state index in [1.807, 2.05) is 13.8 Å². The van der Waals surface area contributed by atoms with Crippen LogP contribution in [0.4, 0.5) is 4.79 Å². The van der Waals surface area contributed by atoms with Gasteiger partial charge in [-0.05, 0) is 13.8 Å². The normalized spacial score (nSPS) is 22.6. The molecule has 2 fully saturated rings. The first kappa shape index (κ1) is 15.8. The zero-order valence-electron chi connectivity index (χ0n) is 12.1. The van der Waals surface area contributed by atoms with E-state index < -0.39 is 0 Å². The number of thioether (sulfide) groups is 1. The third-order valence-electron chi connectivity index (χ3n) is 3.63. The summed E-state index contributed by atoms with van der Waals surface area (Å²) < 4.78 is 0. The van der Waals surface area contributed by atoms with Crippen molar-refractivity contribution in [2.24, 2.45) is 5.92 Å². The van der Waals surface area contributed by atoms with Gasteiger partial charge in [-0.25, -0.2) is 0 Å². The summed E-state index contributed by atoms with van der Waals surface area (Å²) in [5.74, 6) is -0.599. The predicted octanol–water partition coefficient (Wildman–Crippen LogP) is 0.0549. The van der Waals surface area contributed by atoms with Crippen LogP contribution in [0.1, 0.15) is 20.3 Å². The van der Waals surface area contributed by atoms with Crippen molar-refractivity contribution in [1.29, 1.82) is 0 Å². The van der Waals surface area contributed by atoms with Crippen LogP contribution in [0, 0.1) is 5.92 Å². The molecule has 21 heavy (non-hydrogen) atoms. The minimum absolute atomic E-state index is 0.00792. The van der Waals surface area contributed by atoms with E-state index in [-0.39, 0.29) is 60.2 Å². The van der Waals surface area contributed by atoms with Crippen molar-refractivity contribution in [1.82, 2.24) is 15.1 Å². The molecule has 0 spiro atoms. The highest BCUT2D eigenvalue weighted by molar-refractivity contribution is 8.14.